The van der Waals surface area contributed by atoms with E-state index in [0.29, 0.717) is 40.2 Å². The van der Waals surface area contributed by atoms with Crippen molar-refractivity contribution in [1.82, 2.24) is 0 Å². The van der Waals surface area contributed by atoms with Gasteiger partial charge in [-0.25, -0.2) is 9.79 Å². The van der Waals surface area contributed by atoms with Crippen molar-refractivity contribution in [3.8, 4) is 17.6 Å². The van der Waals surface area contributed by atoms with Crippen molar-refractivity contribution in [3.63, 3.8) is 0 Å². The van der Waals surface area contributed by atoms with E-state index in [0.717, 1.165) is 31.5 Å². The molecule has 1 N–H and O–H groups in total. The van der Waals surface area contributed by atoms with Gasteiger partial charge in [-0.2, -0.15) is 5.26 Å². The summed E-state index contributed by atoms with van der Waals surface area (Å²) in [4.78, 5) is 17.9. The second kappa shape index (κ2) is 8.13. The number of fused-ring (bicyclic) bond motifs is 2. The van der Waals surface area contributed by atoms with E-state index in [1.165, 1.54) is 5.00 Å². The molecular formula is C21H21N3O4S. The fourth-order valence-electron chi connectivity index (χ4n) is 3.92. The highest BCUT2D eigenvalue weighted by molar-refractivity contribution is 7.20. The van der Waals surface area contributed by atoms with Crippen molar-refractivity contribution in [2.75, 3.05) is 31.2 Å². The molecule has 0 radical (unpaired) electrons. The third-order valence-electron chi connectivity index (χ3n) is 5.18. The molecule has 7 nitrogen and oxygen atoms in total. The number of hydrogen-bond donors (Lipinski definition) is 1. The van der Waals surface area contributed by atoms with Crippen LogP contribution in [0.4, 0.5) is 10.0 Å². The molecule has 29 heavy (non-hydrogen) atoms. The van der Waals surface area contributed by atoms with E-state index < -0.39 is 12.6 Å². The molecule has 0 atom stereocenters. The molecule has 0 amide bonds. The highest BCUT2D eigenvalue weighted by atomic mass is 32.1. The van der Waals surface area contributed by atoms with Crippen molar-refractivity contribution >= 4 is 33.5 Å². The molecule has 1 aromatic carbocycles. The zero-order chi connectivity index (χ0) is 20.4. The first-order valence-electron chi connectivity index (χ1n) is 9.58. The van der Waals surface area contributed by atoms with Crippen LogP contribution < -0.4 is 14.4 Å². The smallest absolute Gasteiger partial charge is 0.341 e. The van der Waals surface area contributed by atoms with Gasteiger partial charge in [-0.15, -0.1) is 0 Å². The van der Waals surface area contributed by atoms with Crippen molar-refractivity contribution in [1.29, 1.82) is 5.26 Å². The van der Waals surface area contributed by atoms with Gasteiger partial charge in [0.2, 0.25) is 0 Å². The van der Waals surface area contributed by atoms with Crippen LogP contribution in [0.1, 0.15) is 42.4 Å². The van der Waals surface area contributed by atoms with E-state index in [9.17, 15) is 10.1 Å². The van der Waals surface area contributed by atoms with E-state index in [1.807, 2.05) is 6.92 Å². The van der Waals surface area contributed by atoms with Crippen LogP contribution in [0.25, 0.3) is 0 Å². The van der Waals surface area contributed by atoms with Crippen molar-refractivity contribution in [2.45, 2.75) is 25.7 Å². The number of nitriles is 1. The minimum atomic E-state index is -1.07. The van der Waals surface area contributed by atoms with Crippen LogP contribution in [-0.4, -0.2) is 43.6 Å². The maximum absolute atomic E-state index is 11.0. The Labute approximate surface area is 172 Å². The average molecular weight is 411 g/mol. The Kier molecular flexibility index (Phi) is 5.41. The number of carbonyl (C=O) groups is 1. The minimum absolute atomic E-state index is 0.337. The van der Waals surface area contributed by atoms with Crippen molar-refractivity contribution in [3.05, 3.63) is 34.9 Å². The molecule has 1 fully saturated rings. The molecule has 0 saturated carbocycles. The van der Waals surface area contributed by atoms with Gasteiger partial charge in [-0.1, -0.05) is 17.4 Å². The zero-order valence-corrected chi connectivity index (χ0v) is 16.9. The predicted molar refractivity (Wildman–Crippen MR) is 111 cm³/mol. The van der Waals surface area contributed by atoms with Gasteiger partial charge in [0.1, 0.15) is 11.1 Å². The van der Waals surface area contributed by atoms with E-state index in [2.05, 4.69) is 16.0 Å². The molecule has 5 rings (SSSR count). The zero-order valence-electron chi connectivity index (χ0n) is 16.1. The molecule has 2 bridgehead atoms. The minimum Gasteiger partial charge on any atom is -0.490 e. The second-order valence-electron chi connectivity index (χ2n) is 6.92. The third kappa shape index (κ3) is 3.66. The Hall–Kier alpha value is -3.05. The number of aliphatic carboxylic acids is 1. The number of thiophene rings is 1. The number of nitrogens with zero attached hydrogens (tertiary/aromatic N) is 3. The van der Waals surface area contributed by atoms with Gasteiger partial charge in [0.15, 0.2) is 18.1 Å². The number of benzene rings is 1. The van der Waals surface area contributed by atoms with Gasteiger partial charge in [0.25, 0.3) is 0 Å². The average Bonchev–Trinajstić information content (AvgIpc) is 3.13. The lowest BCUT2D eigenvalue weighted by molar-refractivity contribution is -0.139. The lowest BCUT2D eigenvalue weighted by atomic mass is 9.84. The lowest BCUT2D eigenvalue weighted by Gasteiger charge is -2.39. The number of piperidine rings is 1. The van der Waals surface area contributed by atoms with Gasteiger partial charge in [0.05, 0.1) is 17.2 Å². The maximum atomic E-state index is 11.0. The van der Waals surface area contributed by atoms with Gasteiger partial charge in [0, 0.05) is 30.4 Å². The van der Waals surface area contributed by atoms with Crippen LogP contribution in [0, 0.1) is 11.3 Å². The van der Waals surface area contributed by atoms with Crippen LogP contribution in [-0.2, 0) is 4.79 Å². The highest BCUT2D eigenvalue weighted by Gasteiger charge is 2.36. The Bertz CT molecular complexity index is 1000. The maximum Gasteiger partial charge on any atom is 0.341 e. The number of anilines is 1. The number of ether oxygens (including phenoxy) is 2. The molecule has 3 aliphatic rings. The topological polar surface area (TPSA) is 95.1 Å². The molecule has 2 aromatic rings. The molecule has 4 heterocycles. The van der Waals surface area contributed by atoms with Crippen LogP contribution in [0.15, 0.2) is 23.2 Å². The normalized spacial score (nSPS) is 15.4. The van der Waals surface area contributed by atoms with Gasteiger partial charge in [-0.3, -0.25) is 0 Å². The number of aliphatic imine (C=N–C) groups is 1. The summed E-state index contributed by atoms with van der Waals surface area (Å²) < 4.78 is 11.0. The standard InChI is InChI=1S/C21H21N3O4S/c1-2-27-16-5-3-4-14(19(16)28-12-17(25)26)11-23-20-15(10-22)18-13-6-8-24(9-7-13)21(18)29-20/h3-5,11,13H,2,6-9,12H2,1H3,(H,25,26). The molecular weight excluding hydrogens is 390 g/mol. The first kappa shape index (κ1) is 19.3. The van der Waals surface area contributed by atoms with Crippen LogP contribution in [0.2, 0.25) is 0 Å². The number of rotatable bonds is 7. The quantitative estimate of drug-likeness (QED) is 0.694. The largest absolute Gasteiger partial charge is 0.490 e. The molecule has 150 valence electrons. The lowest BCUT2D eigenvalue weighted by Crippen LogP contribution is -2.37. The summed E-state index contributed by atoms with van der Waals surface area (Å²) in [5, 5.41) is 20.6. The SMILES string of the molecule is CCOc1cccc(C=Nc2sc3c(c2C#N)C2CCN3CC2)c1OCC(=O)O. The monoisotopic (exact) mass is 411 g/mol. The molecule has 0 unspecified atom stereocenters. The number of hydrogen-bond acceptors (Lipinski definition) is 7. The third-order valence-corrected chi connectivity index (χ3v) is 6.35. The molecule has 1 saturated heterocycles. The van der Waals surface area contributed by atoms with E-state index in [4.69, 9.17) is 14.6 Å². The molecule has 0 spiro atoms. The fourth-order valence-corrected chi connectivity index (χ4v) is 5.16. The Morgan fingerprint density at radius 1 is 1.41 bits per heavy atom. The molecule has 0 aliphatic carbocycles. The first-order valence-corrected chi connectivity index (χ1v) is 10.4. The van der Waals surface area contributed by atoms with Crippen LogP contribution in [0.5, 0.6) is 11.5 Å². The fraction of sp³-hybridized carbons (Fsp3) is 0.381. The summed E-state index contributed by atoms with van der Waals surface area (Å²) in [6.07, 6.45) is 3.80. The number of para-hydroxylation sites is 1. The second-order valence-corrected chi connectivity index (χ2v) is 7.90. The molecule has 1 aromatic heterocycles. The van der Waals surface area contributed by atoms with Gasteiger partial charge in [-0.05, 0) is 37.8 Å². The van der Waals surface area contributed by atoms with Crippen LogP contribution >= 0.6 is 11.3 Å². The Morgan fingerprint density at radius 2 is 2.21 bits per heavy atom. The summed E-state index contributed by atoms with van der Waals surface area (Å²) in [5.74, 6) is 0.180. The predicted octanol–water partition coefficient (Wildman–Crippen LogP) is 3.93. The summed E-state index contributed by atoms with van der Waals surface area (Å²) in [7, 11) is 0. The van der Waals surface area contributed by atoms with Crippen molar-refractivity contribution < 1.29 is 19.4 Å². The van der Waals surface area contributed by atoms with Crippen molar-refractivity contribution in [2.24, 2.45) is 4.99 Å². The summed E-state index contributed by atoms with van der Waals surface area (Å²) >= 11 is 1.55. The number of carboxylic acids is 1. The Balaban J connectivity index is 1.70. The highest BCUT2D eigenvalue weighted by Crippen LogP contribution is 2.52. The van der Waals surface area contributed by atoms with E-state index in [-0.39, 0.29) is 0 Å². The summed E-state index contributed by atoms with van der Waals surface area (Å²) in [5.41, 5.74) is 2.41. The summed E-state index contributed by atoms with van der Waals surface area (Å²) in [6.45, 7) is 3.88. The van der Waals surface area contributed by atoms with Gasteiger partial charge < -0.3 is 19.5 Å². The van der Waals surface area contributed by atoms with Gasteiger partial charge >= 0.3 is 5.97 Å². The Morgan fingerprint density at radius 3 is 2.90 bits per heavy atom. The summed E-state index contributed by atoms with van der Waals surface area (Å²) in [6, 6.07) is 7.67. The van der Waals surface area contributed by atoms with Crippen LogP contribution in [0.3, 0.4) is 0 Å². The molecule has 8 heteroatoms. The van der Waals surface area contributed by atoms with E-state index >= 15 is 0 Å². The van der Waals surface area contributed by atoms with E-state index in [1.54, 1.807) is 35.8 Å². The first-order chi connectivity index (χ1) is 14.1. The molecule has 3 aliphatic heterocycles. The number of carboxylic acid groups (broad SMARTS) is 1.